The number of nitrogens with two attached hydrogens (primary N) is 1. The molecule has 0 atom stereocenters. The monoisotopic (exact) mass is 348 g/mol. The summed E-state index contributed by atoms with van der Waals surface area (Å²) >= 11 is 4.38. The second-order valence-electron chi connectivity index (χ2n) is 3.64. The first-order chi connectivity index (χ1) is 10.0. The first-order valence-corrected chi connectivity index (χ1v) is 9.03. The molecule has 0 aromatic carbocycles. The van der Waals surface area contributed by atoms with Crippen molar-refractivity contribution < 1.29 is 4.92 Å². The molecule has 0 aliphatic carbocycles. The molecule has 116 valence electrons. The number of aromatic nitrogens is 1. The quantitative estimate of drug-likeness (QED) is 0.174. The van der Waals surface area contributed by atoms with Gasteiger partial charge in [0.2, 0.25) is 0 Å². The Morgan fingerprint density at radius 2 is 2.48 bits per heavy atom. The van der Waals surface area contributed by atoms with Crippen molar-refractivity contribution in [3.63, 3.8) is 0 Å². The number of anilines is 1. The Morgan fingerprint density at radius 3 is 3.10 bits per heavy atom. The highest BCUT2D eigenvalue weighted by atomic mass is 32.2. The van der Waals surface area contributed by atoms with Gasteiger partial charge in [0.1, 0.15) is 5.03 Å². The van der Waals surface area contributed by atoms with Crippen LogP contribution in [0.1, 0.15) is 5.69 Å². The van der Waals surface area contributed by atoms with E-state index in [9.17, 15) is 10.1 Å². The highest BCUT2D eigenvalue weighted by Gasteiger charge is 2.03. The fourth-order valence-corrected chi connectivity index (χ4v) is 3.25. The third kappa shape index (κ3) is 7.78. The van der Waals surface area contributed by atoms with Crippen LogP contribution in [0, 0.1) is 15.5 Å². The van der Waals surface area contributed by atoms with Crippen molar-refractivity contribution in [1.82, 2.24) is 10.3 Å². The lowest BCUT2D eigenvalue weighted by atomic mass is 10.6. The SMILES string of the molecule is CSC(=C[N+](=O)[O-])NCCSCc1csc(NC(=N)N)n1. The number of thioether (sulfide) groups is 2. The van der Waals surface area contributed by atoms with Gasteiger partial charge >= 0.3 is 0 Å². The van der Waals surface area contributed by atoms with Crippen molar-refractivity contribution in [2.75, 3.05) is 23.9 Å². The molecule has 0 saturated carbocycles. The topological polar surface area (TPSA) is 130 Å². The zero-order valence-electron chi connectivity index (χ0n) is 11.3. The van der Waals surface area contributed by atoms with Gasteiger partial charge in [0.25, 0.3) is 6.20 Å². The van der Waals surface area contributed by atoms with E-state index in [-0.39, 0.29) is 5.96 Å². The zero-order valence-corrected chi connectivity index (χ0v) is 13.7. The maximum absolute atomic E-state index is 10.4. The summed E-state index contributed by atoms with van der Waals surface area (Å²) in [6.07, 6.45) is 2.75. The van der Waals surface area contributed by atoms with E-state index >= 15 is 0 Å². The minimum absolute atomic E-state index is 0.130. The number of nitro groups is 1. The first kappa shape index (κ1) is 17.6. The average Bonchev–Trinajstić information content (AvgIpc) is 2.83. The van der Waals surface area contributed by atoms with Crippen molar-refractivity contribution in [2.45, 2.75) is 5.75 Å². The van der Waals surface area contributed by atoms with Crippen LogP contribution in [0.3, 0.4) is 0 Å². The Hall–Kier alpha value is -1.46. The lowest BCUT2D eigenvalue weighted by Crippen LogP contribution is -2.20. The number of nitrogens with one attached hydrogen (secondary N) is 3. The van der Waals surface area contributed by atoms with Gasteiger partial charge in [-0.25, -0.2) is 4.98 Å². The Kier molecular flexibility index (Phi) is 7.93. The highest BCUT2D eigenvalue weighted by molar-refractivity contribution is 8.02. The van der Waals surface area contributed by atoms with E-state index < -0.39 is 4.92 Å². The van der Waals surface area contributed by atoms with Crippen LogP contribution < -0.4 is 16.4 Å². The molecule has 0 saturated heterocycles. The third-order valence-electron chi connectivity index (χ3n) is 2.03. The number of nitrogens with zero attached hydrogens (tertiary/aromatic N) is 2. The first-order valence-electron chi connectivity index (χ1n) is 5.77. The van der Waals surface area contributed by atoms with Crippen molar-refractivity contribution in [3.05, 3.63) is 32.4 Å². The number of hydrogen-bond acceptors (Lipinski definition) is 8. The van der Waals surface area contributed by atoms with Crippen LogP contribution in [-0.2, 0) is 5.75 Å². The molecule has 0 spiro atoms. The second-order valence-corrected chi connectivity index (χ2v) is 6.46. The largest absolute Gasteiger partial charge is 0.374 e. The number of thiazole rings is 1. The smallest absolute Gasteiger partial charge is 0.263 e. The number of guanidine groups is 1. The van der Waals surface area contributed by atoms with Gasteiger partial charge in [-0.3, -0.25) is 15.5 Å². The Bertz CT molecular complexity index is 519. The van der Waals surface area contributed by atoms with Gasteiger partial charge in [0, 0.05) is 23.4 Å². The molecule has 0 bridgehead atoms. The van der Waals surface area contributed by atoms with Gasteiger partial charge in [0.05, 0.1) is 10.6 Å². The predicted octanol–water partition coefficient (Wildman–Crippen LogP) is 1.71. The molecule has 0 radical (unpaired) electrons. The molecule has 0 aliphatic heterocycles. The van der Waals surface area contributed by atoms with Crippen LogP contribution in [-0.4, -0.2) is 34.4 Å². The molecule has 1 heterocycles. The lowest BCUT2D eigenvalue weighted by molar-refractivity contribution is -0.403. The van der Waals surface area contributed by atoms with Crippen LogP contribution in [0.4, 0.5) is 5.13 Å². The van der Waals surface area contributed by atoms with Gasteiger partial charge < -0.3 is 16.4 Å². The molecule has 1 aromatic heterocycles. The summed E-state index contributed by atoms with van der Waals surface area (Å²) in [5.41, 5.74) is 6.14. The summed E-state index contributed by atoms with van der Waals surface area (Å²) in [5, 5.41) is 26.2. The summed E-state index contributed by atoms with van der Waals surface area (Å²) in [7, 11) is 0. The molecule has 0 amide bonds. The fraction of sp³-hybridized carbons (Fsp3) is 0.400. The molecule has 11 heteroatoms. The molecular weight excluding hydrogens is 332 g/mol. The molecule has 1 rings (SSSR count). The third-order valence-corrected chi connectivity index (χ3v) is 4.52. The summed E-state index contributed by atoms with van der Waals surface area (Å²) < 4.78 is 0. The minimum Gasteiger partial charge on any atom is -0.374 e. The number of hydrogen-bond donors (Lipinski definition) is 4. The second kappa shape index (κ2) is 9.47. The summed E-state index contributed by atoms with van der Waals surface area (Å²) in [4.78, 5) is 14.2. The van der Waals surface area contributed by atoms with Gasteiger partial charge in [0.15, 0.2) is 11.1 Å². The fourth-order valence-electron chi connectivity index (χ4n) is 1.24. The van der Waals surface area contributed by atoms with E-state index in [1.807, 2.05) is 5.38 Å². The van der Waals surface area contributed by atoms with E-state index in [1.165, 1.54) is 23.1 Å². The standard InChI is InChI=1S/C10H16N6O2S3/c1-19-8(4-16(17)18)13-2-3-20-5-7-6-21-10(14-7)15-9(11)12/h4,6,13H,2-3,5H2,1H3,(H4,11,12,14,15). The van der Waals surface area contributed by atoms with Gasteiger partial charge in [-0.2, -0.15) is 11.8 Å². The molecule has 1 aromatic rings. The van der Waals surface area contributed by atoms with Crippen LogP contribution in [0.25, 0.3) is 0 Å². The van der Waals surface area contributed by atoms with E-state index in [0.29, 0.717) is 16.7 Å². The highest BCUT2D eigenvalue weighted by Crippen LogP contribution is 2.19. The Balaban J connectivity index is 2.23. The number of rotatable bonds is 9. The van der Waals surface area contributed by atoms with Crippen LogP contribution in [0.15, 0.2) is 16.6 Å². The summed E-state index contributed by atoms with van der Waals surface area (Å²) in [6.45, 7) is 0.647. The molecule has 0 unspecified atom stereocenters. The molecular formula is C10H16N6O2S3. The predicted molar refractivity (Wildman–Crippen MR) is 90.4 cm³/mol. The molecule has 21 heavy (non-hydrogen) atoms. The van der Waals surface area contributed by atoms with Crippen LogP contribution >= 0.6 is 34.9 Å². The molecule has 5 N–H and O–H groups in total. The summed E-state index contributed by atoms with van der Waals surface area (Å²) in [6, 6.07) is 0. The van der Waals surface area contributed by atoms with E-state index in [1.54, 1.807) is 18.0 Å². The van der Waals surface area contributed by atoms with E-state index in [2.05, 4.69) is 15.6 Å². The Labute approximate surface area is 134 Å². The van der Waals surface area contributed by atoms with E-state index in [0.717, 1.165) is 23.4 Å². The van der Waals surface area contributed by atoms with Crippen molar-refractivity contribution >= 4 is 46.0 Å². The lowest BCUT2D eigenvalue weighted by Gasteiger charge is -2.05. The normalized spacial score (nSPS) is 11.2. The van der Waals surface area contributed by atoms with Gasteiger partial charge in [-0.05, 0) is 6.26 Å². The van der Waals surface area contributed by atoms with Crippen molar-refractivity contribution in [2.24, 2.45) is 5.73 Å². The van der Waals surface area contributed by atoms with Crippen LogP contribution in [0.5, 0.6) is 0 Å². The average molecular weight is 348 g/mol. The molecule has 8 nitrogen and oxygen atoms in total. The zero-order chi connectivity index (χ0) is 15.7. The van der Waals surface area contributed by atoms with Gasteiger partial charge in [-0.15, -0.1) is 23.1 Å². The van der Waals surface area contributed by atoms with E-state index in [4.69, 9.17) is 11.1 Å². The molecule has 0 fully saturated rings. The molecule has 0 aliphatic rings. The summed E-state index contributed by atoms with van der Waals surface area (Å²) in [5.74, 6) is 1.42. The Morgan fingerprint density at radius 1 is 1.71 bits per heavy atom. The van der Waals surface area contributed by atoms with Gasteiger partial charge in [-0.1, -0.05) is 0 Å². The minimum atomic E-state index is -0.467. The van der Waals surface area contributed by atoms with Crippen molar-refractivity contribution in [3.8, 4) is 0 Å². The van der Waals surface area contributed by atoms with Crippen molar-refractivity contribution in [1.29, 1.82) is 5.41 Å². The van der Waals surface area contributed by atoms with Crippen LogP contribution in [0.2, 0.25) is 0 Å². The maximum atomic E-state index is 10.4. The maximum Gasteiger partial charge on any atom is 0.263 e.